The van der Waals surface area contributed by atoms with Gasteiger partial charge in [-0.2, -0.15) is 4.99 Å². The van der Waals surface area contributed by atoms with Crippen LogP contribution < -0.4 is 4.80 Å². The van der Waals surface area contributed by atoms with Gasteiger partial charge in [0.15, 0.2) is 14.6 Å². The monoisotopic (exact) mass is 484 g/mol. The topological polar surface area (TPSA) is 94.8 Å². The number of carbonyl (C=O) groups is 2. The van der Waals surface area contributed by atoms with Gasteiger partial charge < -0.3 is 9.30 Å². The summed E-state index contributed by atoms with van der Waals surface area (Å²) in [6.07, 6.45) is 5.52. The summed E-state index contributed by atoms with van der Waals surface area (Å²) in [4.78, 5) is 29.6. The Morgan fingerprint density at radius 3 is 2.48 bits per heavy atom. The second-order valence-corrected chi connectivity index (χ2v) is 11.0. The zero-order valence-corrected chi connectivity index (χ0v) is 20.2. The van der Waals surface area contributed by atoms with Gasteiger partial charge in [0.05, 0.1) is 45.5 Å². The molecule has 0 saturated heterocycles. The first-order valence-electron chi connectivity index (χ1n) is 10.3. The second kappa shape index (κ2) is 10.1. The van der Waals surface area contributed by atoms with E-state index in [1.807, 2.05) is 0 Å². The first-order valence-corrected chi connectivity index (χ1v) is 12.7. The maximum atomic E-state index is 12.6. The normalized spacial score (nSPS) is 12.2. The van der Waals surface area contributed by atoms with E-state index in [-0.39, 0.29) is 24.5 Å². The van der Waals surface area contributed by atoms with Crippen LogP contribution in [0.15, 0.2) is 52.4 Å². The number of thiazole rings is 1. The molecule has 0 atom stereocenters. The van der Waals surface area contributed by atoms with Crippen LogP contribution in [-0.2, 0) is 32.3 Å². The molecule has 172 valence electrons. The Morgan fingerprint density at radius 2 is 1.88 bits per heavy atom. The lowest BCUT2D eigenvalue weighted by molar-refractivity contribution is -0.117. The van der Waals surface area contributed by atoms with E-state index >= 15 is 0 Å². The molecule has 9 heteroatoms. The highest BCUT2D eigenvalue weighted by Crippen LogP contribution is 2.20. The molecular weight excluding hydrogens is 460 g/mol. The second-order valence-electron chi connectivity index (χ2n) is 7.50. The van der Waals surface area contributed by atoms with Gasteiger partial charge in [-0.1, -0.05) is 29.4 Å². The summed E-state index contributed by atoms with van der Waals surface area (Å²) in [5, 5.41) is -0.524. The molecule has 2 aromatic carbocycles. The number of sulfone groups is 1. The van der Waals surface area contributed by atoms with Crippen LogP contribution in [-0.4, -0.2) is 36.7 Å². The molecule has 1 aromatic heterocycles. The largest absolute Gasteiger partial charge is 0.462 e. The van der Waals surface area contributed by atoms with Crippen molar-refractivity contribution in [3.8, 4) is 12.3 Å². The summed E-state index contributed by atoms with van der Waals surface area (Å²) in [7, 11) is -3.37. The number of hydrogen-bond donors (Lipinski definition) is 0. The molecule has 0 radical (unpaired) electrons. The van der Waals surface area contributed by atoms with Gasteiger partial charge in [0.25, 0.3) is 5.91 Å². The Labute approximate surface area is 196 Å². The molecule has 0 aliphatic carbocycles. The fraction of sp³-hybridized carbons (Fsp3) is 0.292. The molecule has 0 fully saturated rings. The van der Waals surface area contributed by atoms with Crippen molar-refractivity contribution in [3.63, 3.8) is 0 Å². The van der Waals surface area contributed by atoms with Crippen LogP contribution in [0, 0.1) is 12.3 Å². The lowest BCUT2D eigenvalue weighted by Gasteiger charge is -2.08. The molecule has 0 N–H and O–H groups in total. The maximum absolute atomic E-state index is 12.6. The third-order valence-electron chi connectivity index (χ3n) is 4.89. The molecule has 0 unspecified atom stereocenters. The maximum Gasteiger partial charge on any atom is 0.338 e. The average molecular weight is 485 g/mol. The van der Waals surface area contributed by atoms with Crippen LogP contribution in [0.3, 0.4) is 0 Å². The molecule has 3 aromatic rings. The molecule has 1 amide bonds. The molecule has 0 spiro atoms. The van der Waals surface area contributed by atoms with Crippen molar-refractivity contribution in [2.75, 3.05) is 6.61 Å². The van der Waals surface area contributed by atoms with Gasteiger partial charge in [0.2, 0.25) is 0 Å². The summed E-state index contributed by atoms with van der Waals surface area (Å²) in [5.74, 6) is 1.75. The van der Waals surface area contributed by atoms with Crippen molar-refractivity contribution < 1.29 is 22.7 Å². The molecule has 7 nitrogen and oxygen atoms in total. The third kappa shape index (κ3) is 5.41. The lowest BCUT2D eigenvalue weighted by Crippen LogP contribution is -2.17. The Kier molecular flexibility index (Phi) is 7.51. The molecule has 1 heterocycles. The van der Waals surface area contributed by atoms with E-state index in [1.54, 1.807) is 55.7 Å². The van der Waals surface area contributed by atoms with E-state index in [9.17, 15) is 18.0 Å². The highest BCUT2D eigenvalue weighted by atomic mass is 32.2. The number of benzene rings is 2. The number of terminal acetylenes is 1. The van der Waals surface area contributed by atoms with Gasteiger partial charge >= 0.3 is 5.97 Å². The predicted molar refractivity (Wildman–Crippen MR) is 128 cm³/mol. The van der Waals surface area contributed by atoms with Crippen LogP contribution in [0.2, 0.25) is 0 Å². The third-order valence-corrected chi connectivity index (χ3v) is 8.10. The zero-order valence-electron chi connectivity index (χ0n) is 18.6. The predicted octanol–water partition coefficient (Wildman–Crippen LogP) is 3.36. The molecule has 33 heavy (non-hydrogen) atoms. The molecule has 0 bridgehead atoms. The summed E-state index contributed by atoms with van der Waals surface area (Å²) < 4.78 is 32.1. The number of rotatable bonds is 7. The van der Waals surface area contributed by atoms with Crippen molar-refractivity contribution in [2.24, 2.45) is 4.99 Å². The van der Waals surface area contributed by atoms with Crippen LogP contribution in [0.4, 0.5) is 0 Å². The Hall–Kier alpha value is -3.22. The fourth-order valence-electron chi connectivity index (χ4n) is 3.13. The Morgan fingerprint density at radius 1 is 1.18 bits per heavy atom. The van der Waals surface area contributed by atoms with E-state index in [2.05, 4.69) is 10.9 Å². The number of ether oxygens (including phenoxy) is 1. The highest BCUT2D eigenvalue weighted by Gasteiger charge is 2.19. The van der Waals surface area contributed by atoms with E-state index in [1.165, 1.54) is 23.5 Å². The van der Waals surface area contributed by atoms with Crippen molar-refractivity contribution >= 4 is 43.3 Å². The van der Waals surface area contributed by atoms with Crippen molar-refractivity contribution in [1.82, 2.24) is 4.57 Å². The van der Waals surface area contributed by atoms with Gasteiger partial charge in [-0.25, -0.2) is 13.2 Å². The number of hydrogen-bond acceptors (Lipinski definition) is 6. The average Bonchev–Trinajstić information content (AvgIpc) is 3.10. The summed E-state index contributed by atoms with van der Waals surface area (Å²) >= 11 is 1.25. The van der Waals surface area contributed by atoms with E-state index in [0.29, 0.717) is 15.9 Å². The first kappa shape index (κ1) is 24.4. The molecule has 0 aliphatic heterocycles. The smallest absolute Gasteiger partial charge is 0.338 e. The summed E-state index contributed by atoms with van der Waals surface area (Å²) in [5.41, 5.74) is 1.83. The SMILES string of the molecule is C#CCn1c(=NC(=O)Cc2ccc(S(=O)(=O)C(C)C)cc2)sc2cc(C(=O)OCC)ccc21. The van der Waals surface area contributed by atoms with Gasteiger partial charge in [0, 0.05) is 0 Å². The Balaban J connectivity index is 1.91. The minimum absolute atomic E-state index is 0.0143. The summed E-state index contributed by atoms with van der Waals surface area (Å²) in [6.45, 7) is 5.47. The first-order chi connectivity index (χ1) is 15.7. The van der Waals surface area contributed by atoms with Gasteiger partial charge in [-0.3, -0.25) is 4.79 Å². The number of aromatic nitrogens is 1. The van der Waals surface area contributed by atoms with Crippen molar-refractivity contribution in [2.45, 2.75) is 43.9 Å². The number of fused-ring (bicyclic) bond motifs is 1. The van der Waals surface area contributed by atoms with Crippen LogP contribution in [0.5, 0.6) is 0 Å². The van der Waals surface area contributed by atoms with Gasteiger partial charge in [-0.05, 0) is 56.7 Å². The fourth-order valence-corrected chi connectivity index (χ4v) is 5.28. The molecule has 0 aliphatic rings. The lowest BCUT2D eigenvalue weighted by atomic mass is 10.1. The van der Waals surface area contributed by atoms with E-state index in [4.69, 9.17) is 11.2 Å². The number of carbonyl (C=O) groups excluding carboxylic acids is 2. The van der Waals surface area contributed by atoms with Crippen LogP contribution in [0.1, 0.15) is 36.7 Å². The number of nitrogens with zero attached hydrogens (tertiary/aromatic N) is 2. The van der Waals surface area contributed by atoms with Crippen LogP contribution >= 0.6 is 11.3 Å². The quantitative estimate of drug-likeness (QED) is 0.379. The number of amides is 1. The van der Waals surface area contributed by atoms with E-state index in [0.717, 1.165) is 10.2 Å². The minimum atomic E-state index is -3.37. The zero-order chi connectivity index (χ0) is 24.2. The standard InChI is InChI=1S/C24H24N2O5S2/c1-5-13-26-20-12-9-18(23(28)31-6-2)15-21(20)32-24(26)25-22(27)14-17-7-10-19(11-8-17)33(29,30)16(3)4/h1,7-12,15-16H,6,13-14H2,2-4H3. The molecule has 3 rings (SSSR count). The van der Waals surface area contributed by atoms with Crippen molar-refractivity contribution in [1.29, 1.82) is 0 Å². The highest BCUT2D eigenvalue weighted by molar-refractivity contribution is 7.92. The van der Waals surface area contributed by atoms with Gasteiger partial charge in [0.1, 0.15) is 0 Å². The Bertz CT molecular complexity index is 1410. The van der Waals surface area contributed by atoms with Crippen LogP contribution in [0.25, 0.3) is 10.2 Å². The minimum Gasteiger partial charge on any atom is -0.462 e. The molecule has 0 saturated carbocycles. The van der Waals surface area contributed by atoms with Gasteiger partial charge in [-0.15, -0.1) is 6.42 Å². The summed E-state index contributed by atoms with van der Waals surface area (Å²) in [6, 6.07) is 11.4. The van der Waals surface area contributed by atoms with E-state index < -0.39 is 27.0 Å². The number of esters is 1. The van der Waals surface area contributed by atoms with Crippen molar-refractivity contribution in [3.05, 3.63) is 58.4 Å². The molecular formula is C24H24N2O5S2.